The summed E-state index contributed by atoms with van der Waals surface area (Å²) in [5.41, 5.74) is -0.891. The second-order valence-corrected chi connectivity index (χ2v) is 6.90. The molecular weight excluding hydrogens is 268 g/mol. The Morgan fingerprint density at radius 3 is 2.52 bits per heavy atom. The van der Waals surface area contributed by atoms with E-state index >= 15 is 0 Å². The van der Waals surface area contributed by atoms with E-state index < -0.39 is 11.5 Å². The third-order valence-corrected chi connectivity index (χ3v) is 4.41. The zero-order valence-electron chi connectivity index (χ0n) is 13.8. The maximum absolute atomic E-state index is 12.1. The number of rotatable bonds is 8. The van der Waals surface area contributed by atoms with Crippen molar-refractivity contribution >= 4 is 11.9 Å². The molecule has 1 heterocycles. The summed E-state index contributed by atoms with van der Waals surface area (Å²) < 4.78 is 0. The van der Waals surface area contributed by atoms with Gasteiger partial charge in [0.25, 0.3) is 0 Å². The van der Waals surface area contributed by atoms with Gasteiger partial charge in [0.1, 0.15) is 5.54 Å². The first-order chi connectivity index (χ1) is 9.75. The van der Waals surface area contributed by atoms with Gasteiger partial charge in [0.15, 0.2) is 0 Å². The Labute approximate surface area is 128 Å². The van der Waals surface area contributed by atoms with Crippen molar-refractivity contribution in [2.24, 2.45) is 5.92 Å². The second kappa shape index (κ2) is 7.78. The minimum atomic E-state index is -0.891. The number of aliphatic carboxylic acids is 1. The van der Waals surface area contributed by atoms with Gasteiger partial charge in [-0.25, -0.2) is 0 Å². The van der Waals surface area contributed by atoms with Crippen molar-refractivity contribution in [2.75, 3.05) is 13.1 Å². The van der Waals surface area contributed by atoms with Gasteiger partial charge in [0.2, 0.25) is 5.91 Å². The summed E-state index contributed by atoms with van der Waals surface area (Å²) in [6.45, 7) is 8.97. The number of likely N-dealkylation sites (tertiary alicyclic amines) is 1. The molecule has 1 saturated heterocycles. The van der Waals surface area contributed by atoms with Crippen LogP contribution in [0.5, 0.6) is 0 Å². The van der Waals surface area contributed by atoms with Gasteiger partial charge in [-0.15, -0.1) is 0 Å². The van der Waals surface area contributed by atoms with Crippen LogP contribution < -0.4 is 5.32 Å². The van der Waals surface area contributed by atoms with Gasteiger partial charge in [0, 0.05) is 6.04 Å². The molecule has 1 rings (SSSR count). The van der Waals surface area contributed by atoms with Crippen molar-refractivity contribution in [3.05, 3.63) is 0 Å². The number of hydrogen-bond acceptors (Lipinski definition) is 3. The Morgan fingerprint density at radius 2 is 1.95 bits per heavy atom. The van der Waals surface area contributed by atoms with Crippen molar-refractivity contribution in [2.45, 2.75) is 71.4 Å². The van der Waals surface area contributed by atoms with Crippen LogP contribution in [-0.2, 0) is 9.59 Å². The molecule has 1 amide bonds. The van der Waals surface area contributed by atoms with E-state index in [1.165, 1.54) is 6.42 Å². The molecule has 0 radical (unpaired) electrons. The maximum Gasteiger partial charge on any atom is 0.323 e. The van der Waals surface area contributed by atoms with E-state index in [1.54, 1.807) is 11.8 Å². The first-order valence-electron chi connectivity index (χ1n) is 8.03. The molecule has 0 aromatic heterocycles. The smallest absolute Gasteiger partial charge is 0.323 e. The predicted molar refractivity (Wildman–Crippen MR) is 83.1 cm³/mol. The lowest BCUT2D eigenvalue weighted by atomic mass is 9.99. The van der Waals surface area contributed by atoms with Crippen LogP contribution >= 0.6 is 0 Å². The van der Waals surface area contributed by atoms with Gasteiger partial charge in [-0.05, 0) is 45.6 Å². The molecule has 2 N–H and O–H groups in total. The molecule has 0 bridgehead atoms. The number of carbonyl (C=O) groups excluding carboxylic acids is 1. The van der Waals surface area contributed by atoms with Crippen LogP contribution in [0.3, 0.4) is 0 Å². The van der Waals surface area contributed by atoms with Gasteiger partial charge in [-0.3, -0.25) is 14.5 Å². The molecule has 0 aliphatic carbocycles. The number of nitrogens with zero attached hydrogens (tertiary/aromatic N) is 1. The van der Waals surface area contributed by atoms with E-state index in [1.807, 2.05) is 6.92 Å². The number of carbonyl (C=O) groups is 2. The molecular formula is C16H30N2O3. The van der Waals surface area contributed by atoms with Gasteiger partial charge in [-0.1, -0.05) is 26.7 Å². The molecule has 0 spiro atoms. The van der Waals surface area contributed by atoms with E-state index in [0.29, 0.717) is 18.9 Å². The maximum atomic E-state index is 12.1. The molecule has 2 atom stereocenters. The average Bonchev–Trinajstić information content (AvgIpc) is 2.71. The Balaban J connectivity index is 2.38. The quantitative estimate of drug-likeness (QED) is 0.721. The summed E-state index contributed by atoms with van der Waals surface area (Å²) in [5, 5.41) is 12.3. The highest BCUT2D eigenvalue weighted by Crippen LogP contribution is 2.28. The van der Waals surface area contributed by atoms with E-state index in [4.69, 9.17) is 0 Å². The van der Waals surface area contributed by atoms with Crippen molar-refractivity contribution in [3.63, 3.8) is 0 Å². The largest absolute Gasteiger partial charge is 0.480 e. The fourth-order valence-corrected chi connectivity index (χ4v) is 2.91. The molecule has 122 valence electrons. The van der Waals surface area contributed by atoms with E-state index in [9.17, 15) is 14.7 Å². The van der Waals surface area contributed by atoms with E-state index in [2.05, 4.69) is 19.2 Å². The molecule has 0 saturated carbocycles. The predicted octanol–water partition coefficient (Wildman–Crippen LogP) is 2.26. The van der Waals surface area contributed by atoms with Gasteiger partial charge < -0.3 is 10.4 Å². The van der Waals surface area contributed by atoms with Gasteiger partial charge in [0.05, 0.1) is 6.54 Å². The molecule has 1 fully saturated rings. The van der Waals surface area contributed by atoms with Crippen LogP contribution in [-0.4, -0.2) is 46.6 Å². The highest BCUT2D eigenvalue weighted by atomic mass is 16.4. The molecule has 21 heavy (non-hydrogen) atoms. The fourth-order valence-electron chi connectivity index (χ4n) is 2.91. The van der Waals surface area contributed by atoms with Crippen LogP contribution in [0.15, 0.2) is 0 Å². The molecule has 1 aliphatic rings. The van der Waals surface area contributed by atoms with Crippen LogP contribution in [0.25, 0.3) is 0 Å². The highest BCUT2D eigenvalue weighted by molar-refractivity contribution is 5.82. The summed E-state index contributed by atoms with van der Waals surface area (Å²) >= 11 is 0. The lowest BCUT2D eigenvalue weighted by Crippen LogP contribution is -2.52. The van der Waals surface area contributed by atoms with Crippen LogP contribution in [0.2, 0.25) is 0 Å². The van der Waals surface area contributed by atoms with Crippen molar-refractivity contribution in [3.8, 4) is 0 Å². The average molecular weight is 298 g/mol. The SMILES string of the molecule is CC(C)CCCC(C)NC(=O)CN1CCCC1(C)C(=O)O. The van der Waals surface area contributed by atoms with E-state index in [-0.39, 0.29) is 18.5 Å². The molecule has 5 nitrogen and oxygen atoms in total. The monoisotopic (exact) mass is 298 g/mol. The summed E-state index contributed by atoms with van der Waals surface area (Å²) in [6, 6.07) is 0.148. The Bertz CT molecular complexity index is 371. The number of hydrogen-bond donors (Lipinski definition) is 2. The fraction of sp³-hybridized carbons (Fsp3) is 0.875. The zero-order valence-corrected chi connectivity index (χ0v) is 13.8. The van der Waals surface area contributed by atoms with Crippen molar-refractivity contribution < 1.29 is 14.7 Å². The highest BCUT2D eigenvalue weighted by Gasteiger charge is 2.43. The first kappa shape index (κ1) is 18.0. The van der Waals surface area contributed by atoms with Crippen molar-refractivity contribution in [1.29, 1.82) is 0 Å². The molecule has 0 aromatic rings. The van der Waals surface area contributed by atoms with Crippen LogP contribution in [0.1, 0.15) is 59.8 Å². The third kappa shape index (κ3) is 5.30. The van der Waals surface area contributed by atoms with Gasteiger partial charge in [-0.2, -0.15) is 0 Å². The zero-order chi connectivity index (χ0) is 16.0. The molecule has 1 aliphatic heterocycles. The number of carboxylic acids is 1. The first-order valence-corrected chi connectivity index (χ1v) is 8.03. The minimum Gasteiger partial charge on any atom is -0.480 e. The topological polar surface area (TPSA) is 69.6 Å². The molecule has 2 unspecified atom stereocenters. The number of nitrogens with one attached hydrogen (secondary N) is 1. The van der Waals surface area contributed by atoms with Gasteiger partial charge >= 0.3 is 5.97 Å². The van der Waals surface area contributed by atoms with E-state index in [0.717, 1.165) is 19.3 Å². The summed E-state index contributed by atoms with van der Waals surface area (Å²) in [5.74, 6) is -0.215. The lowest BCUT2D eigenvalue weighted by molar-refractivity contribution is -0.149. The molecule has 5 heteroatoms. The normalized spacial score (nSPS) is 24.2. The second-order valence-electron chi connectivity index (χ2n) is 6.90. The minimum absolute atomic E-state index is 0.0681. The Morgan fingerprint density at radius 1 is 1.29 bits per heavy atom. The number of carboxylic acid groups (broad SMARTS) is 1. The third-order valence-electron chi connectivity index (χ3n) is 4.41. The Kier molecular flexibility index (Phi) is 6.65. The summed E-state index contributed by atoms with van der Waals surface area (Å²) in [4.78, 5) is 25.2. The molecule has 0 aromatic carbocycles. The summed E-state index contributed by atoms with van der Waals surface area (Å²) in [6.07, 6.45) is 4.69. The number of amides is 1. The Hall–Kier alpha value is -1.10. The van der Waals surface area contributed by atoms with Crippen LogP contribution in [0, 0.1) is 5.92 Å². The standard InChI is InChI=1S/C16H30N2O3/c1-12(2)7-5-8-13(3)17-14(19)11-18-10-6-9-16(18,4)15(20)21/h12-13H,5-11H2,1-4H3,(H,17,19)(H,20,21). The van der Waals surface area contributed by atoms with Crippen LogP contribution in [0.4, 0.5) is 0 Å². The summed E-state index contributed by atoms with van der Waals surface area (Å²) in [7, 11) is 0. The lowest BCUT2D eigenvalue weighted by Gasteiger charge is -2.30. The van der Waals surface area contributed by atoms with Crippen molar-refractivity contribution in [1.82, 2.24) is 10.2 Å².